The van der Waals surface area contributed by atoms with Gasteiger partial charge in [-0.2, -0.15) is 15.5 Å². The summed E-state index contributed by atoms with van der Waals surface area (Å²) in [6.07, 6.45) is 10.9. The van der Waals surface area contributed by atoms with Crippen LogP contribution in [0.5, 0.6) is 0 Å². The number of hydrogen-bond acceptors (Lipinski definition) is 5. The van der Waals surface area contributed by atoms with E-state index in [0.29, 0.717) is 23.6 Å². The highest BCUT2D eigenvalue weighted by Gasteiger charge is 2.20. The molecule has 0 aromatic heterocycles. The van der Waals surface area contributed by atoms with E-state index in [-0.39, 0.29) is 0 Å². The van der Waals surface area contributed by atoms with Crippen molar-refractivity contribution in [3.8, 4) is 6.07 Å². The van der Waals surface area contributed by atoms with Gasteiger partial charge in [-0.1, -0.05) is 31.8 Å². The first kappa shape index (κ1) is 25.2. The lowest BCUT2D eigenvalue weighted by Gasteiger charge is -2.36. The summed E-state index contributed by atoms with van der Waals surface area (Å²) in [6, 6.07) is 17.1. The highest BCUT2D eigenvalue weighted by molar-refractivity contribution is 5.76. The summed E-state index contributed by atoms with van der Waals surface area (Å²) >= 11 is 0. The predicted molar refractivity (Wildman–Crippen MR) is 138 cm³/mol. The topological polar surface area (TPSA) is 72.1 Å². The van der Waals surface area contributed by atoms with E-state index in [9.17, 15) is 4.79 Å². The van der Waals surface area contributed by atoms with E-state index in [4.69, 9.17) is 5.26 Å². The van der Waals surface area contributed by atoms with E-state index < -0.39 is 0 Å². The fourth-order valence-corrected chi connectivity index (χ4v) is 4.09. The minimum Gasteiger partial charge on any atom is -0.368 e. The molecular weight excluding hydrogens is 422 g/mol. The Bertz CT molecular complexity index is 967. The number of benzene rings is 2. The Morgan fingerprint density at radius 3 is 2.00 bits per heavy atom. The second-order valence-corrected chi connectivity index (χ2v) is 8.69. The SMILES string of the molecule is C=CCCCCCCCCC(=O)N1CCN(c2ccc(N=Nc3ccc(C#N)cc3)cc2)CC1. The van der Waals surface area contributed by atoms with Crippen LogP contribution in [0.15, 0.2) is 71.4 Å². The van der Waals surface area contributed by atoms with Crippen LogP contribution in [0.4, 0.5) is 17.1 Å². The summed E-state index contributed by atoms with van der Waals surface area (Å²) in [6.45, 7) is 7.01. The Balaban J connectivity index is 1.36. The number of hydrogen-bond donors (Lipinski definition) is 0. The lowest BCUT2D eigenvalue weighted by molar-refractivity contribution is -0.131. The maximum atomic E-state index is 12.5. The number of rotatable bonds is 12. The van der Waals surface area contributed by atoms with Crippen LogP contribution in [0.3, 0.4) is 0 Å². The van der Waals surface area contributed by atoms with Crippen molar-refractivity contribution in [2.24, 2.45) is 10.2 Å². The molecule has 0 spiro atoms. The van der Waals surface area contributed by atoms with E-state index in [1.165, 1.54) is 25.7 Å². The van der Waals surface area contributed by atoms with Crippen molar-refractivity contribution in [3.05, 3.63) is 66.7 Å². The zero-order valence-electron chi connectivity index (χ0n) is 20.0. The van der Waals surface area contributed by atoms with Crippen molar-refractivity contribution >= 4 is 23.0 Å². The van der Waals surface area contributed by atoms with Crippen molar-refractivity contribution in [2.45, 2.75) is 51.4 Å². The predicted octanol–water partition coefficient (Wildman–Crippen LogP) is 6.93. The van der Waals surface area contributed by atoms with Gasteiger partial charge in [-0.15, -0.1) is 6.58 Å². The first-order valence-corrected chi connectivity index (χ1v) is 12.3. The number of nitrogens with zero attached hydrogens (tertiary/aromatic N) is 5. The number of anilines is 1. The van der Waals surface area contributed by atoms with Crippen molar-refractivity contribution in [2.75, 3.05) is 31.1 Å². The van der Waals surface area contributed by atoms with Crippen LogP contribution in [-0.2, 0) is 4.79 Å². The highest BCUT2D eigenvalue weighted by Crippen LogP contribution is 2.23. The van der Waals surface area contributed by atoms with Crippen LogP contribution in [0.2, 0.25) is 0 Å². The van der Waals surface area contributed by atoms with E-state index in [1.807, 2.05) is 23.1 Å². The summed E-state index contributed by atoms with van der Waals surface area (Å²) in [7, 11) is 0. The minimum atomic E-state index is 0.296. The molecule has 0 radical (unpaired) electrons. The van der Waals surface area contributed by atoms with Gasteiger partial charge in [0.2, 0.25) is 5.91 Å². The molecular formula is C28H35N5O. The summed E-state index contributed by atoms with van der Waals surface area (Å²) in [5.74, 6) is 0.296. The molecule has 2 aromatic rings. The maximum absolute atomic E-state index is 12.5. The van der Waals surface area contributed by atoms with Gasteiger partial charge in [0, 0.05) is 38.3 Å². The number of carbonyl (C=O) groups excluding carboxylic acids is 1. The number of azo groups is 1. The molecule has 0 saturated carbocycles. The average Bonchev–Trinajstić information content (AvgIpc) is 2.89. The average molecular weight is 458 g/mol. The van der Waals surface area contributed by atoms with Gasteiger partial charge in [0.25, 0.3) is 0 Å². The summed E-state index contributed by atoms with van der Waals surface area (Å²) in [5, 5.41) is 17.4. The first-order valence-electron chi connectivity index (χ1n) is 12.3. The number of piperazine rings is 1. The molecule has 1 aliphatic rings. The quantitative estimate of drug-likeness (QED) is 0.197. The fraction of sp³-hybridized carbons (Fsp3) is 0.429. The van der Waals surface area contributed by atoms with Gasteiger partial charge in [0.15, 0.2) is 0 Å². The Morgan fingerprint density at radius 1 is 0.853 bits per heavy atom. The molecule has 1 aliphatic heterocycles. The molecule has 1 fully saturated rings. The number of nitriles is 1. The zero-order chi connectivity index (χ0) is 24.0. The van der Waals surface area contributed by atoms with Crippen LogP contribution in [0, 0.1) is 11.3 Å². The normalized spacial score (nSPS) is 13.7. The molecule has 2 aromatic carbocycles. The second-order valence-electron chi connectivity index (χ2n) is 8.69. The Kier molecular flexibility index (Phi) is 10.3. The zero-order valence-corrected chi connectivity index (χ0v) is 20.0. The van der Waals surface area contributed by atoms with Crippen LogP contribution >= 0.6 is 0 Å². The van der Waals surface area contributed by atoms with Gasteiger partial charge in [-0.25, -0.2) is 0 Å². The summed E-state index contributed by atoms with van der Waals surface area (Å²) in [4.78, 5) is 16.9. The van der Waals surface area contributed by atoms with Crippen molar-refractivity contribution in [1.82, 2.24) is 4.90 Å². The standard InChI is InChI=1S/C28H35N5O/c1-2-3-4-5-6-7-8-9-10-28(34)33-21-19-32(20-22-33)27-17-15-26(16-18-27)31-30-25-13-11-24(23-29)12-14-25/h2,11-18H,1,3-10,19-22H2. The monoisotopic (exact) mass is 457 g/mol. The third kappa shape index (κ3) is 8.15. The Hall–Kier alpha value is -3.46. The molecule has 6 heteroatoms. The third-order valence-electron chi connectivity index (χ3n) is 6.17. The maximum Gasteiger partial charge on any atom is 0.222 e. The van der Waals surface area contributed by atoms with Crippen LogP contribution < -0.4 is 4.90 Å². The molecule has 0 N–H and O–H groups in total. The second kappa shape index (κ2) is 13.9. The van der Waals surface area contributed by atoms with E-state index in [0.717, 1.165) is 56.8 Å². The molecule has 34 heavy (non-hydrogen) atoms. The van der Waals surface area contributed by atoms with Gasteiger partial charge in [-0.3, -0.25) is 4.79 Å². The molecule has 3 rings (SSSR count). The molecule has 1 saturated heterocycles. The Labute approximate surface area is 203 Å². The third-order valence-corrected chi connectivity index (χ3v) is 6.17. The van der Waals surface area contributed by atoms with Crippen LogP contribution in [-0.4, -0.2) is 37.0 Å². The Morgan fingerprint density at radius 2 is 1.41 bits per heavy atom. The number of carbonyl (C=O) groups is 1. The number of allylic oxidation sites excluding steroid dienone is 1. The molecule has 0 bridgehead atoms. The molecule has 178 valence electrons. The van der Waals surface area contributed by atoms with Crippen molar-refractivity contribution in [3.63, 3.8) is 0 Å². The highest BCUT2D eigenvalue weighted by atomic mass is 16.2. The molecule has 1 heterocycles. The van der Waals surface area contributed by atoms with Crippen LogP contribution in [0.1, 0.15) is 56.9 Å². The van der Waals surface area contributed by atoms with Crippen molar-refractivity contribution in [1.29, 1.82) is 5.26 Å². The molecule has 0 unspecified atom stereocenters. The summed E-state index contributed by atoms with van der Waals surface area (Å²) in [5.41, 5.74) is 3.24. The van der Waals surface area contributed by atoms with Crippen molar-refractivity contribution < 1.29 is 4.79 Å². The lowest BCUT2D eigenvalue weighted by atomic mass is 10.1. The molecule has 0 aliphatic carbocycles. The molecule has 1 amide bonds. The van der Waals surface area contributed by atoms with E-state index in [2.05, 4.69) is 39.9 Å². The van der Waals surface area contributed by atoms with Crippen LogP contribution in [0.25, 0.3) is 0 Å². The van der Waals surface area contributed by atoms with Gasteiger partial charge in [-0.05, 0) is 67.8 Å². The first-order chi connectivity index (χ1) is 16.7. The van der Waals surface area contributed by atoms with Gasteiger partial charge >= 0.3 is 0 Å². The summed E-state index contributed by atoms with van der Waals surface area (Å²) < 4.78 is 0. The lowest BCUT2D eigenvalue weighted by Crippen LogP contribution is -2.48. The number of unbranched alkanes of at least 4 members (excludes halogenated alkanes) is 6. The smallest absolute Gasteiger partial charge is 0.222 e. The van der Waals surface area contributed by atoms with Gasteiger partial charge in [0.05, 0.1) is 23.0 Å². The van der Waals surface area contributed by atoms with E-state index >= 15 is 0 Å². The number of amides is 1. The largest absolute Gasteiger partial charge is 0.368 e. The van der Waals surface area contributed by atoms with Gasteiger partial charge in [0.1, 0.15) is 0 Å². The molecule has 6 nitrogen and oxygen atoms in total. The van der Waals surface area contributed by atoms with E-state index in [1.54, 1.807) is 24.3 Å². The van der Waals surface area contributed by atoms with Gasteiger partial charge < -0.3 is 9.80 Å². The minimum absolute atomic E-state index is 0.296. The molecule has 0 atom stereocenters. The fourth-order valence-electron chi connectivity index (χ4n) is 4.09.